The quantitative estimate of drug-likeness (QED) is 0.721. The molecular formula is C18H24ClN7OS. The second-order valence-corrected chi connectivity index (χ2v) is 7.50. The summed E-state index contributed by atoms with van der Waals surface area (Å²) >= 11 is 1.46. The van der Waals surface area contributed by atoms with Gasteiger partial charge in [-0.1, -0.05) is 0 Å². The summed E-state index contributed by atoms with van der Waals surface area (Å²) in [5.41, 5.74) is 13.1. The summed E-state index contributed by atoms with van der Waals surface area (Å²) in [5, 5.41) is 14.5. The number of nitrogens with zero attached hydrogens (tertiary/aromatic N) is 5. The minimum atomic E-state index is 0. The number of amidine groups is 1. The van der Waals surface area contributed by atoms with E-state index in [4.69, 9.17) is 20.7 Å². The maximum atomic E-state index is 6.21. The first-order chi connectivity index (χ1) is 13.0. The first kappa shape index (κ1) is 20.6. The highest BCUT2D eigenvalue weighted by atomic mass is 35.5. The summed E-state index contributed by atoms with van der Waals surface area (Å²) in [6, 6.07) is 0.247. The SMILES string of the molecule is CNC1CC2=NN(Cc3ncc(C)c(OC)c3C)N=C3C(N)=NSCC1=C23.Cl. The van der Waals surface area contributed by atoms with Crippen molar-refractivity contribution in [1.82, 2.24) is 15.4 Å². The van der Waals surface area contributed by atoms with Crippen molar-refractivity contribution >= 4 is 41.6 Å². The Morgan fingerprint density at radius 2 is 2.14 bits per heavy atom. The Kier molecular flexibility index (Phi) is 5.97. The molecule has 28 heavy (non-hydrogen) atoms. The second-order valence-electron chi connectivity index (χ2n) is 6.77. The minimum absolute atomic E-state index is 0. The summed E-state index contributed by atoms with van der Waals surface area (Å²) in [6.45, 7) is 4.44. The molecule has 0 saturated heterocycles. The maximum Gasteiger partial charge on any atom is 0.160 e. The fourth-order valence-corrected chi connectivity index (χ4v) is 4.54. The van der Waals surface area contributed by atoms with Crippen molar-refractivity contribution in [3.63, 3.8) is 0 Å². The van der Waals surface area contributed by atoms with Crippen molar-refractivity contribution in [1.29, 1.82) is 0 Å². The molecule has 0 radical (unpaired) electrons. The van der Waals surface area contributed by atoms with E-state index in [0.29, 0.717) is 12.4 Å². The Morgan fingerprint density at radius 1 is 1.36 bits per heavy atom. The van der Waals surface area contributed by atoms with Crippen LogP contribution < -0.4 is 15.8 Å². The third-order valence-corrected chi connectivity index (χ3v) is 5.90. The number of nitrogens with two attached hydrogens (primary N) is 1. The number of rotatable bonds is 4. The fourth-order valence-electron chi connectivity index (χ4n) is 3.76. The second kappa shape index (κ2) is 8.10. The Balaban J connectivity index is 0.00000225. The predicted octanol–water partition coefficient (Wildman–Crippen LogP) is 1.96. The van der Waals surface area contributed by atoms with E-state index in [0.717, 1.165) is 51.7 Å². The van der Waals surface area contributed by atoms with Gasteiger partial charge in [-0.05, 0) is 38.4 Å². The number of aryl methyl sites for hydroxylation is 1. The van der Waals surface area contributed by atoms with Crippen molar-refractivity contribution in [2.75, 3.05) is 19.9 Å². The van der Waals surface area contributed by atoms with Crippen LogP contribution in [-0.4, -0.2) is 53.3 Å². The number of aromatic nitrogens is 1. The Bertz CT molecular complexity index is 925. The van der Waals surface area contributed by atoms with Crippen LogP contribution in [0.5, 0.6) is 5.75 Å². The molecule has 1 aliphatic carbocycles. The maximum absolute atomic E-state index is 6.21. The third kappa shape index (κ3) is 3.38. The summed E-state index contributed by atoms with van der Waals surface area (Å²) in [4.78, 5) is 4.56. The van der Waals surface area contributed by atoms with Crippen LogP contribution in [0.25, 0.3) is 0 Å². The lowest BCUT2D eigenvalue weighted by atomic mass is 10.0. The molecule has 3 heterocycles. The van der Waals surface area contributed by atoms with Gasteiger partial charge in [0, 0.05) is 41.1 Å². The van der Waals surface area contributed by atoms with E-state index in [2.05, 4.69) is 14.7 Å². The van der Waals surface area contributed by atoms with Gasteiger partial charge in [0.2, 0.25) is 0 Å². The molecule has 8 nitrogen and oxygen atoms in total. The molecule has 1 atom stereocenters. The van der Waals surface area contributed by atoms with Gasteiger partial charge in [0.1, 0.15) is 18.0 Å². The molecule has 10 heteroatoms. The molecule has 0 bridgehead atoms. The van der Waals surface area contributed by atoms with Crippen LogP contribution in [0.2, 0.25) is 0 Å². The van der Waals surface area contributed by atoms with Crippen molar-refractivity contribution in [2.45, 2.75) is 32.9 Å². The van der Waals surface area contributed by atoms with Gasteiger partial charge in [-0.15, -0.1) is 12.4 Å². The van der Waals surface area contributed by atoms with Crippen molar-refractivity contribution in [2.24, 2.45) is 20.3 Å². The number of nitrogens with one attached hydrogen (secondary N) is 1. The van der Waals surface area contributed by atoms with Crippen LogP contribution in [0.4, 0.5) is 0 Å². The van der Waals surface area contributed by atoms with E-state index >= 15 is 0 Å². The molecule has 1 unspecified atom stereocenters. The highest BCUT2D eigenvalue weighted by Crippen LogP contribution is 2.34. The Hall–Kier alpha value is -2.10. The van der Waals surface area contributed by atoms with E-state index in [1.165, 1.54) is 17.5 Å². The largest absolute Gasteiger partial charge is 0.496 e. The smallest absolute Gasteiger partial charge is 0.160 e. The van der Waals surface area contributed by atoms with Gasteiger partial charge < -0.3 is 15.8 Å². The summed E-state index contributed by atoms with van der Waals surface area (Å²) < 4.78 is 9.90. The van der Waals surface area contributed by atoms with E-state index in [1.54, 1.807) is 12.2 Å². The number of hydrogen-bond acceptors (Lipinski definition) is 9. The van der Waals surface area contributed by atoms with Gasteiger partial charge in [-0.3, -0.25) is 4.98 Å². The van der Waals surface area contributed by atoms with E-state index < -0.39 is 0 Å². The average Bonchev–Trinajstić information content (AvgIpc) is 2.92. The zero-order chi connectivity index (χ0) is 19.1. The number of methoxy groups -OCH3 is 1. The first-order valence-corrected chi connectivity index (χ1v) is 9.77. The molecule has 3 N–H and O–H groups in total. The Morgan fingerprint density at radius 3 is 2.86 bits per heavy atom. The molecule has 1 aromatic rings. The van der Waals surface area contributed by atoms with Gasteiger partial charge in [-0.25, -0.2) is 0 Å². The van der Waals surface area contributed by atoms with E-state index in [9.17, 15) is 0 Å². The van der Waals surface area contributed by atoms with Gasteiger partial charge in [0.05, 0.1) is 18.5 Å². The topological polar surface area (TPSA) is 100 Å². The molecule has 0 fully saturated rings. The minimum Gasteiger partial charge on any atom is -0.496 e. The molecule has 0 aromatic carbocycles. The van der Waals surface area contributed by atoms with Crippen LogP contribution in [0.15, 0.2) is 31.9 Å². The molecular weight excluding hydrogens is 398 g/mol. The number of likely N-dealkylation sites (N-methyl/N-ethyl adjacent to an activating group) is 1. The van der Waals surface area contributed by atoms with Crippen LogP contribution >= 0.6 is 24.4 Å². The molecule has 4 rings (SSSR count). The summed E-state index contributed by atoms with van der Waals surface area (Å²) in [7, 11) is 3.65. The van der Waals surface area contributed by atoms with Gasteiger partial charge >= 0.3 is 0 Å². The van der Waals surface area contributed by atoms with E-state index in [1.807, 2.05) is 27.1 Å². The lowest BCUT2D eigenvalue weighted by Crippen LogP contribution is -2.33. The fraction of sp³-hybridized carbons (Fsp3) is 0.444. The summed E-state index contributed by atoms with van der Waals surface area (Å²) in [5.74, 6) is 2.10. The highest BCUT2D eigenvalue weighted by molar-refractivity contribution is 7.98. The van der Waals surface area contributed by atoms with Crippen LogP contribution in [0.1, 0.15) is 23.2 Å². The zero-order valence-electron chi connectivity index (χ0n) is 16.3. The molecule has 0 amide bonds. The van der Waals surface area contributed by atoms with Crippen LogP contribution in [-0.2, 0) is 6.54 Å². The van der Waals surface area contributed by atoms with Crippen molar-refractivity contribution < 1.29 is 4.74 Å². The molecule has 2 aliphatic heterocycles. The monoisotopic (exact) mass is 421 g/mol. The molecule has 150 valence electrons. The molecule has 0 saturated carbocycles. The van der Waals surface area contributed by atoms with E-state index in [-0.39, 0.29) is 18.4 Å². The lowest BCUT2D eigenvalue weighted by molar-refractivity contribution is 0.288. The number of halogens is 1. The number of hydrazone groups is 2. The molecule has 1 aromatic heterocycles. The first-order valence-electron chi connectivity index (χ1n) is 8.83. The van der Waals surface area contributed by atoms with Gasteiger partial charge in [0.25, 0.3) is 0 Å². The van der Waals surface area contributed by atoms with Crippen molar-refractivity contribution in [3.8, 4) is 5.75 Å². The van der Waals surface area contributed by atoms with Crippen molar-refractivity contribution in [3.05, 3.63) is 34.2 Å². The summed E-state index contributed by atoms with van der Waals surface area (Å²) in [6.07, 6.45) is 2.65. The number of pyridine rings is 1. The Labute approximate surface area is 174 Å². The van der Waals surface area contributed by atoms with Crippen LogP contribution in [0, 0.1) is 13.8 Å². The third-order valence-electron chi connectivity index (χ3n) is 5.13. The lowest BCUT2D eigenvalue weighted by Gasteiger charge is -2.23. The predicted molar refractivity (Wildman–Crippen MR) is 116 cm³/mol. The van der Waals surface area contributed by atoms with Crippen LogP contribution in [0.3, 0.4) is 0 Å². The average molecular weight is 422 g/mol. The standard InChI is InChI=1S/C18H23N7OS.ClH/c1-9-6-21-14(10(2)17(9)26-4)7-25-22-13-5-12(20-3)11-8-27-24-18(19)16(23-25)15(11)13;/h6,12,20H,5,7-8H2,1-4H3,(H2,19,24);1H. The normalized spacial score (nSPS) is 20.6. The zero-order valence-corrected chi connectivity index (χ0v) is 17.9. The molecule has 3 aliphatic rings. The van der Waals surface area contributed by atoms with Gasteiger partial charge in [-0.2, -0.15) is 19.7 Å². The number of ether oxygens (including phenoxy) is 1. The highest BCUT2D eigenvalue weighted by Gasteiger charge is 2.38. The number of hydrogen-bond donors (Lipinski definition) is 2. The van der Waals surface area contributed by atoms with Gasteiger partial charge in [0.15, 0.2) is 5.84 Å². The molecule has 0 spiro atoms.